The van der Waals surface area contributed by atoms with Crippen molar-refractivity contribution in [1.29, 1.82) is 0 Å². The summed E-state index contributed by atoms with van der Waals surface area (Å²) in [6, 6.07) is 1.80. The number of aromatic nitrogens is 3. The molecule has 2 heterocycles. The van der Waals surface area contributed by atoms with Crippen LogP contribution in [0.2, 0.25) is 5.15 Å². The third-order valence-electron chi connectivity index (χ3n) is 2.32. The van der Waals surface area contributed by atoms with Crippen LogP contribution in [0.5, 0.6) is 11.6 Å². The molecule has 0 amide bonds. The fourth-order valence-electron chi connectivity index (χ4n) is 1.21. The van der Waals surface area contributed by atoms with E-state index < -0.39 is 0 Å². The maximum Gasteiger partial charge on any atom is 0.242 e. The highest BCUT2D eigenvalue weighted by atomic mass is 79.9. The van der Waals surface area contributed by atoms with Crippen LogP contribution in [0.3, 0.4) is 0 Å². The predicted molar refractivity (Wildman–Crippen MR) is 68.5 cm³/mol. The molecule has 2 rings (SSSR count). The van der Waals surface area contributed by atoms with Crippen LogP contribution in [0.25, 0.3) is 0 Å². The molecule has 0 radical (unpaired) electrons. The number of pyridine rings is 1. The SMILES string of the molecule is Cc1c(Cl)nnc(Oc2cncc(Br)c2)c1C. The molecule has 0 aliphatic carbocycles. The quantitative estimate of drug-likeness (QED) is 0.848. The lowest BCUT2D eigenvalue weighted by molar-refractivity contribution is 0.448. The summed E-state index contributed by atoms with van der Waals surface area (Å²) < 4.78 is 6.44. The zero-order chi connectivity index (χ0) is 12.4. The number of ether oxygens (including phenoxy) is 1. The average Bonchev–Trinajstić information content (AvgIpc) is 2.30. The van der Waals surface area contributed by atoms with E-state index in [4.69, 9.17) is 16.3 Å². The minimum Gasteiger partial charge on any atom is -0.436 e. The van der Waals surface area contributed by atoms with Gasteiger partial charge in [-0.1, -0.05) is 11.6 Å². The lowest BCUT2D eigenvalue weighted by Crippen LogP contribution is -1.97. The molecule has 0 atom stereocenters. The molecule has 2 aromatic rings. The third kappa shape index (κ3) is 2.73. The summed E-state index contributed by atoms with van der Waals surface area (Å²) in [6.07, 6.45) is 3.29. The van der Waals surface area contributed by atoms with Crippen molar-refractivity contribution >= 4 is 27.5 Å². The van der Waals surface area contributed by atoms with E-state index in [0.29, 0.717) is 16.8 Å². The largest absolute Gasteiger partial charge is 0.436 e. The number of hydrogen-bond donors (Lipinski definition) is 0. The maximum atomic E-state index is 5.87. The van der Waals surface area contributed by atoms with Crippen molar-refractivity contribution in [3.63, 3.8) is 0 Å². The van der Waals surface area contributed by atoms with Gasteiger partial charge >= 0.3 is 0 Å². The highest BCUT2D eigenvalue weighted by Gasteiger charge is 2.10. The number of hydrogen-bond acceptors (Lipinski definition) is 4. The van der Waals surface area contributed by atoms with E-state index in [1.165, 1.54) is 0 Å². The number of nitrogens with zero attached hydrogens (tertiary/aromatic N) is 3. The van der Waals surface area contributed by atoms with Crippen LogP contribution in [0.4, 0.5) is 0 Å². The van der Waals surface area contributed by atoms with Gasteiger partial charge in [-0.25, -0.2) is 0 Å². The van der Waals surface area contributed by atoms with E-state index in [1.54, 1.807) is 18.5 Å². The van der Waals surface area contributed by atoms with Crippen molar-refractivity contribution in [1.82, 2.24) is 15.2 Å². The smallest absolute Gasteiger partial charge is 0.242 e. The summed E-state index contributed by atoms with van der Waals surface area (Å²) in [5.74, 6) is 1.03. The summed E-state index contributed by atoms with van der Waals surface area (Å²) >= 11 is 9.19. The first-order chi connectivity index (χ1) is 8.08. The van der Waals surface area contributed by atoms with E-state index in [1.807, 2.05) is 13.8 Å². The van der Waals surface area contributed by atoms with Crippen molar-refractivity contribution in [2.45, 2.75) is 13.8 Å². The van der Waals surface area contributed by atoms with E-state index in [-0.39, 0.29) is 0 Å². The highest BCUT2D eigenvalue weighted by Crippen LogP contribution is 2.27. The monoisotopic (exact) mass is 313 g/mol. The van der Waals surface area contributed by atoms with Gasteiger partial charge < -0.3 is 4.74 Å². The molecule has 0 spiro atoms. The molecule has 0 fully saturated rings. The van der Waals surface area contributed by atoms with Crippen LogP contribution in [0.15, 0.2) is 22.9 Å². The maximum absolute atomic E-state index is 5.87. The second kappa shape index (κ2) is 4.98. The molecule has 2 aromatic heterocycles. The van der Waals surface area contributed by atoms with Gasteiger partial charge in [0.15, 0.2) is 5.15 Å². The van der Waals surface area contributed by atoms with Crippen LogP contribution in [-0.4, -0.2) is 15.2 Å². The zero-order valence-electron chi connectivity index (χ0n) is 9.24. The molecule has 6 heteroatoms. The summed E-state index contributed by atoms with van der Waals surface area (Å²) in [6.45, 7) is 3.76. The van der Waals surface area contributed by atoms with Gasteiger partial charge in [0.25, 0.3) is 0 Å². The molecule has 0 aliphatic rings. The Kier molecular flexibility index (Phi) is 3.59. The van der Waals surface area contributed by atoms with Crippen molar-refractivity contribution in [2.75, 3.05) is 0 Å². The lowest BCUT2D eigenvalue weighted by atomic mass is 10.2. The van der Waals surface area contributed by atoms with Gasteiger partial charge in [-0.15, -0.1) is 10.2 Å². The molecule has 0 aromatic carbocycles. The average molecular weight is 315 g/mol. The van der Waals surface area contributed by atoms with Crippen molar-refractivity contribution in [2.24, 2.45) is 0 Å². The standard InChI is InChI=1S/C11H9BrClN3O/c1-6-7(2)11(16-15-10(6)13)17-9-3-8(12)4-14-5-9/h3-5H,1-2H3. The Labute approximate surface area is 112 Å². The first-order valence-corrected chi connectivity index (χ1v) is 6.03. The zero-order valence-corrected chi connectivity index (χ0v) is 11.6. The van der Waals surface area contributed by atoms with E-state index in [0.717, 1.165) is 15.6 Å². The first kappa shape index (κ1) is 12.3. The van der Waals surface area contributed by atoms with Gasteiger partial charge in [0, 0.05) is 16.2 Å². The predicted octanol–water partition coefficient (Wildman–Crippen LogP) is 3.70. The third-order valence-corrected chi connectivity index (χ3v) is 3.11. The molecule has 0 unspecified atom stereocenters. The van der Waals surface area contributed by atoms with Crippen LogP contribution < -0.4 is 4.74 Å². The Morgan fingerprint density at radius 3 is 2.65 bits per heavy atom. The van der Waals surface area contributed by atoms with E-state index in [9.17, 15) is 0 Å². The van der Waals surface area contributed by atoms with Gasteiger partial charge in [0.2, 0.25) is 5.88 Å². The second-order valence-corrected chi connectivity index (χ2v) is 4.76. The Hall–Kier alpha value is -1.20. The Morgan fingerprint density at radius 1 is 1.18 bits per heavy atom. The molecule has 17 heavy (non-hydrogen) atoms. The van der Waals surface area contributed by atoms with Crippen LogP contribution >= 0.6 is 27.5 Å². The Morgan fingerprint density at radius 2 is 1.94 bits per heavy atom. The van der Waals surface area contributed by atoms with Crippen LogP contribution in [-0.2, 0) is 0 Å². The van der Waals surface area contributed by atoms with E-state index in [2.05, 4.69) is 31.1 Å². The Bertz CT molecular complexity index is 562. The molecular weight excluding hydrogens is 305 g/mol. The lowest BCUT2D eigenvalue weighted by Gasteiger charge is -2.09. The molecular formula is C11H9BrClN3O. The molecule has 0 saturated carbocycles. The van der Waals surface area contributed by atoms with Gasteiger partial charge in [0.05, 0.1) is 6.20 Å². The number of rotatable bonds is 2. The molecule has 0 aliphatic heterocycles. The number of halogens is 2. The highest BCUT2D eigenvalue weighted by molar-refractivity contribution is 9.10. The minimum atomic E-state index is 0.391. The topological polar surface area (TPSA) is 47.9 Å². The first-order valence-electron chi connectivity index (χ1n) is 4.85. The minimum absolute atomic E-state index is 0.391. The van der Waals surface area contributed by atoms with Crippen LogP contribution in [0.1, 0.15) is 11.1 Å². The summed E-state index contributed by atoms with van der Waals surface area (Å²) in [7, 11) is 0. The molecule has 0 N–H and O–H groups in total. The summed E-state index contributed by atoms with van der Waals surface area (Å²) in [4.78, 5) is 4.00. The van der Waals surface area contributed by atoms with Gasteiger partial charge in [-0.05, 0) is 41.4 Å². The fraction of sp³-hybridized carbons (Fsp3) is 0.182. The van der Waals surface area contributed by atoms with Crippen molar-refractivity contribution in [3.05, 3.63) is 39.2 Å². The van der Waals surface area contributed by atoms with Gasteiger partial charge in [-0.3, -0.25) is 4.98 Å². The summed E-state index contributed by atoms with van der Waals surface area (Å²) in [5, 5.41) is 8.12. The fourth-order valence-corrected chi connectivity index (χ4v) is 1.73. The summed E-state index contributed by atoms with van der Waals surface area (Å²) in [5.41, 5.74) is 1.73. The normalized spacial score (nSPS) is 10.4. The van der Waals surface area contributed by atoms with Crippen molar-refractivity contribution in [3.8, 4) is 11.6 Å². The van der Waals surface area contributed by atoms with Crippen molar-refractivity contribution < 1.29 is 4.74 Å². The molecule has 0 bridgehead atoms. The molecule has 0 saturated heterocycles. The van der Waals surface area contributed by atoms with E-state index >= 15 is 0 Å². The van der Waals surface area contributed by atoms with Gasteiger partial charge in [0.1, 0.15) is 5.75 Å². The second-order valence-electron chi connectivity index (χ2n) is 3.49. The van der Waals surface area contributed by atoms with Gasteiger partial charge in [-0.2, -0.15) is 0 Å². The molecule has 88 valence electrons. The molecule has 4 nitrogen and oxygen atoms in total. The van der Waals surface area contributed by atoms with Crippen LogP contribution in [0, 0.1) is 13.8 Å². The Balaban J connectivity index is 2.34.